The Kier molecular flexibility index (Phi) is 3.76. The summed E-state index contributed by atoms with van der Waals surface area (Å²) < 4.78 is 0. The van der Waals surface area contributed by atoms with Gasteiger partial charge in [0.1, 0.15) is 0 Å². The van der Waals surface area contributed by atoms with E-state index in [0.717, 1.165) is 6.42 Å². The van der Waals surface area contributed by atoms with Crippen LogP contribution in [-0.2, 0) is 4.79 Å². The first-order chi connectivity index (χ1) is 8.66. The van der Waals surface area contributed by atoms with E-state index in [1.54, 1.807) is 24.5 Å². The highest BCUT2D eigenvalue weighted by atomic mass is 16.4. The summed E-state index contributed by atoms with van der Waals surface area (Å²) in [6.45, 7) is 0.858. The molecule has 0 aromatic carbocycles. The lowest BCUT2D eigenvalue weighted by molar-refractivity contribution is -0.143. The number of hydrogen-bond acceptors (Lipinski definition) is 3. The van der Waals surface area contributed by atoms with Crippen LogP contribution in [-0.4, -0.2) is 40.1 Å². The number of anilines is 1. The van der Waals surface area contributed by atoms with Crippen molar-refractivity contribution in [3.63, 3.8) is 0 Å². The molecule has 0 radical (unpaired) electrons. The first-order valence-electron chi connectivity index (χ1n) is 5.85. The molecule has 0 aliphatic carbocycles. The largest absolute Gasteiger partial charge is 0.481 e. The highest BCUT2D eigenvalue weighted by molar-refractivity contribution is 5.89. The van der Waals surface area contributed by atoms with Gasteiger partial charge in [0.25, 0.3) is 0 Å². The van der Waals surface area contributed by atoms with Crippen molar-refractivity contribution in [1.29, 1.82) is 0 Å². The van der Waals surface area contributed by atoms with E-state index >= 15 is 0 Å². The number of carboxylic acid groups (broad SMARTS) is 1. The molecule has 1 atom stereocenters. The molecule has 1 saturated heterocycles. The summed E-state index contributed by atoms with van der Waals surface area (Å²) in [6.07, 6.45) is 4.52. The van der Waals surface area contributed by atoms with Gasteiger partial charge in [0.15, 0.2) is 0 Å². The first-order valence-corrected chi connectivity index (χ1v) is 5.85. The van der Waals surface area contributed by atoms with Crippen molar-refractivity contribution in [2.75, 3.05) is 18.4 Å². The van der Waals surface area contributed by atoms with E-state index in [1.807, 2.05) is 0 Å². The summed E-state index contributed by atoms with van der Waals surface area (Å²) in [5.74, 6) is -1.30. The van der Waals surface area contributed by atoms with Crippen molar-refractivity contribution >= 4 is 17.7 Å². The Morgan fingerprint density at radius 3 is 3.00 bits per heavy atom. The van der Waals surface area contributed by atoms with E-state index in [2.05, 4.69) is 10.3 Å². The minimum Gasteiger partial charge on any atom is -0.481 e. The number of hydrogen-bond donors (Lipinski definition) is 2. The lowest BCUT2D eigenvalue weighted by atomic mass is 9.99. The summed E-state index contributed by atoms with van der Waals surface area (Å²) in [4.78, 5) is 28.3. The quantitative estimate of drug-likeness (QED) is 0.830. The lowest BCUT2D eigenvalue weighted by Crippen LogP contribution is -2.44. The molecule has 1 fully saturated rings. The topological polar surface area (TPSA) is 82.5 Å². The Bertz CT molecular complexity index is 435. The maximum Gasteiger partial charge on any atom is 0.321 e. The normalized spacial score (nSPS) is 19.3. The molecule has 1 aromatic rings. The number of piperidine rings is 1. The molecule has 18 heavy (non-hydrogen) atoms. The van der Waals surface area contributed by atoms with Gasteiger partial charge in [-0.3, -0.25) is 9.78 Å². The van der Waals surface area contributed by atoms with E-state index in [1.165, 1.54) is 4.90 Å². The van der Waals surface area contributed by atoms with Gasteiger partial charge in [0.05, 0.1) is 17.8 Å². The molecule has 1 aromatic heterocycles. The predicted molar refractivity (Wildman–Crippen MR) is 65.2 cm³/mol. The second-order valence-electron chi connectivity index (χ2n) is 4.30. The molecule has 1 unspecified atom stereocenters. The number of rotatable bonds is 2. The van der Waals surface area contributed by atoms with Gasteiger partial charge in [0, 0.05) is 19.3 Å². The number of carboxylic acids is 1. The Labute approximate surface area is 105 Å². The fourth-order valence-electron chi connectivity index (χ4n) is 2.00. The number of likely N-dealkylation sites (tertiary alicyclic amines) is 1. The number of nitrogens with one attached hydrogen (secondary N) is 1. The number of pyridine rings is 1. The van der Waals surface area contributed by atoms with Gasteiger partial charge >= 0.3 is 12.0 Å². The molecule has 6 heteroatoms. The number of aromatic nitrogens is 1. The van der Waals surface area contributed by atoms with Crippen molar-refractivity contribution in [3.05, 3.63) is 24.5 Å². The van der Waals surface area contributed by atoms with Crippen LogP contribution in [0.2, 0.25) is 0 Å². The average Bonchev–Trinajstić information content (AvgIpc) is 2.40. The van der Waals surface area contributed by atoms with Crippen LogP contribution >= 0.6 is 0 Å². The van der Waals surface area contributed by atoms with Crippen LogP contribution in [0, 0.1) is 5.92 Å². The zero-order valence-corrected chi connectivity index (χ0v) is 9.87. The van der Waals surface area contributed by atoms with Gasteiger partial charge in [-0.25, -0.2) is 4.79 Å². The van der Waals surface area contributed by atoms with E-state index in [9.17, 15) is 9.59 Å². The number of aliphatic carboxylic acids is 1. The van der Waals surface area contributed by atoms with Crippen LogP contribution < -0.4 is 5.32 Å². The zero-order valence-electron chi connectivity index (χ0n) is 9.87. The number of urea groups is 1. The molecule has 2 N–H and O–H groups in total. The number of carbonyl (C=O) groups excluding carboxylic acids is 1. The summed E-state index contributed by atoms with van der Waals surface area (Å²) in [6, 6.07) is 3.20. The standard InChI is InChI=1S/C12H15N3O3/c16-11(17)9-3-2-6-15(8-9)12(18)14-10-4-1-5-13-7-10/h1,4-5,7,9H,2-3,6,8H2,(H,14,18)(H,16,17). The number of nitrogens with zero attached hydrogens (tertiary/aromatic N) is 2. The van der Waals surface area contributed by atoms with Gasteiger partial charge < -0.3 is 15.3 Å². The van der Waals surface area contributed by atoms with Gasteiger partial charge in [-0.2, -0.15) is 0 Å². The van der Waals surface area contributed by atoms with Crippen molar-refractivity contribution < 1.29 is 14.7 Å². The zero-order chi connectivity index (χ0) is 13.0. The van der Waals surface area contributed by atoms with Crippen molar-refractivity contribution in [2.24, 2.45) is 5.92 Å². The van der Waals surface area contributed by atoms with Crippen molar-refractivity contribution in [1.82, 2.24) is 9.88 Å². The maximum absolute atomic E-state index is 11.9. The van der Waals surface area contributed by atoms with E-state index in [0.29, 0.717) is 18.7 Å². The minimum absolute atomic E-state index is 0.265. The smallest absolute Gasteiger partial charge is 0.321 e. The third kappa shape index (κ3) is 2.97. The van der Waals surface area contributed by atoms with Crippen LogP contribution in [0.5, 0.6) is 0 Å². The monoisotopic (exact) mass is 249 g/mol. The van der Waals surface area contributed by atoms with Crippen LogP contribution in [0.15, 0.2) is 24.5 Å². The average molecular weight is 249 g/mol. The second-order valence-corrected chi connectivity index (χ2v) is 4.30. The first kappa shape index (κ1) is 12.3. The molecule has 2 heterocycles. The number of amides is 2. The molecule has 96 valence electrons. The van der Waals surface area contributed by atoms with Crippen molar-refractivity contribution in [3.8, 4) is 0 Å². The molecule has 0 bridgehead atoms. The molecule has 1 aliphatic rings. The SMILES string of the molecule is O=C(O)C1CCCN(C(=O)Nc2cccnc2)C1. The molecular weight excluding hydrogens is 234 g/mol. The van der Waals surface area contributed by atoms with Gasteiger partial charge in [-0.15, -0.1) is 0 Å². The highest BCUT2D eigenvalue weighted by Gasteiger charge is 2.28. The van der Waals surface area contributed by atoms with Gasteiger partial charge in [-0.05, 0) is 25.0 Å². The Hall–Kier alpha value is -2.11. The molecular formula is C12H15N3O3. The Morgan fingerprint density at radius 2 is 2.33 bits per heavy atom. The summed E-state index contributed by atoms with van der Waals surface area (Å²) in [7, 11) is 0. The molecule has 0 spiro atoms. The number of carbonyl (C=O) groups is 2. The molecule has 1 aliphatic heterocycles. The summed E-state index contributed by atoms with van der Waals surface area (Å²) >= 11 is 0. The van der Waals surface area contributed by atoms with Gasteiger partial charge in [0.2, 0.25) is 0 Å². The lowest BCUT2D eigenvalue weighted by Gasteiger charge is -2.30. The second kappa shape index (κ2) is 5.48. The van der Waals surface area contributed by atoms with Gasteiger partial charge in [-0.1, -0.05) is 0 Å². The molecule has 0 saturated carbocycles. The molecule has 6 nitrogen and oxygen atoms in total. The van der Waals surface area contributed by atoms with E-state index in [4.69, 9.17) is 5.11 Å². The van der Waals surface area contributed by atoms with Crippen molar-refractivity contribution in [2.45, 2.75) is 12.8 Å². The molecule has 2 amide bonds. The van der Waals surface area contributed by atoms with Crippen LogP contribution in [0.4, 0.5) is 10.5 Å². The highest BCUT2D eigenvalue weighted by Crippen LogP contribution is 2.17. The molecule has 2 rings (SSSR count). The fraction of sp³-hybridized carbons (Fsp3) is 0.417. The van der Waals surface area contributed by atoms with E-state index in [-0.39, 0.29) is 12.6 Å². The van der Waals surface area contributed by atoms with E-state index < -0.39 is 11.9 Å². The minimum atomic E-state index is -0.839. The Balaban J connectivity index is 1.95. The van der Waals surface area contributed by atoms with Crippen LogP contribution in [0.25, 0.3) is 0 Å². The predicted octanol–water partition coefficient (Wildman–Crippen LogP) is 1.41. The third-order valence-electron chi connectivity index (χ3n) is 2.97. The summed E-state index contributed by atoms with van der Waals surface area (Å²) in [5, 5.41) is 11.7. The van der Waals surface area contributed by atoms with Crippen LogP contribution in [0.1, 0.15) is 12.8 Å². The Morgan fingerprint density at radius 1 is 1.50 bits per heavy atom. The van der Waals surface area contributed by atoms with Crippen LogP contribution in [0.3, 0.4) is 0 Å². The third-order valence-corrected chi connectivity index (χ3v) is 2.97. The fourth-order valence-corrected chi connectivity index (χ4v) is 2.00. The maximum atomic E-state index is 11.9. The summed E-state index contributed by atoms with van der Waals surface area (Å²) in [5.41, 5.74) is 0.611.